The zero-order valence-corrected chi connectivity index (χ0v) is 26.9. The maximum absolute atomic E-state index is 13.3. The summed E-state index contributed by atoms with van der Waals surface area (Å²) in [6.45, 7) is 2.66. The fourth-order valence-corrected chi connectivity index (χ4v) is 5.96. The van der Waals surface area contributed by atoms with Crippen LogP contribution in [0.2, 0.25) is 5.02 Å². The van der Waals surface area contributed by atoms with Gasteiger partial charge in [0.25, 0.3) is 0 Å². The third kappa shape index (κ3) is 11.2. The molecule has 14 heteroatoms. The Morgan fingerprint density at radius 2 is 2.00 bits per heavy atom. The number of urea groups is 1. The SMILES string of the molecule is CN[C@@H](CNC(=O)N1CCC[C@@H](C(OCCN(C(=O)O)/C(=C\C(=O)OC)C(=O)OC)c2cccc(Cl)c2)C1)C[C@H]1CCCOC1. The summed E-state index contributed by atoms with van der Waals surface area (Å²) in [6.07, 6.45) is 3.37. The van der Waals surface area contributed by atoms with Crippen LogP contribution in [-0.2, 0) is 28.5 Å². The number of likely N-dealkylation sites (N-methyl/N-ethyl adjacent to an activating group) is 1. The summed E-state index contributed by atoms with van der Waals surface area (Å²) < 4.78 is 21.1. The van der Waals surface area contributed by atoms with E-state index in [1.165, 1.54) is 0 Å². The number of piperidine rings is 1. The van der Waals surface area contributed by atoms with Crippen molar-refractivity contribution in [2.75, 3.05) is 67.3 Å². The Kier molecular flexibility index (Phi) is 14.9. The monoisotopic (exact) mass is 652 g/mol. The minimum atomic E-state index is -1.48. The molecule has 1 aromatic carbocycles. The van der Waals surface area contributed by atoms with Crippen LogP contribution in [0.4, 0.5) is 9.59 Å². The van der Waals surface area contributed by atoms with Crippen molar-refractivity contribution in [3.05, 3.63) is 46.6 Å². The van der Waals surface area contributed by atoms with E-state index < -0.39 is 29.8 Å². The van der Waals surface area contributed by atoms with Gasteiger partial charge in [-0.05, 0) is 62.8 Å². The smallest absolute Gasteiger partial charge is 0.412 e. The molecule has 250 valence electrons. The summed E-state index contributed by atoms with van der Waals surface area (Å²) in [7, 11) is 4.08. The third-order valence-electron chi connectivity index (χ3n) is 8.12. The van der Waals surface area contributed by atoms with E-state index in [4.69, 9.17) is 21.1 Å². The van der Waals surface area contributed by atoms with Crippen LogP contribution in [0.3, 0.4) is 0 Å². The minimum Gasteiger partial charge on any atom is -0.466 e. The lowest BCUT2D eigenvalue weighted by Crippen LogP contribution is -2.50. The number of benzene rings is 1. The molecule has 0 aliphatic carbocycles. The molecule has 3 N–H and O–H groups in total. The number of carbonyl (C=O) groups is 4. The topological polar surface area (TPSA) is 156 Å². The van der Waals surface area contributed by atoms with Crippen molar-refractivity contribution in [2.24, 2.45) is 11.8 Å². The highest BCUT2D eigenvalue weighted by atomic mass is 35.5. The molecule has 0 saturated carbocycles. The van der Waals surface area contributed by atoms with Crippen LogP contribution in [-0.4, -0.2) is 112 Å². The second-order valence-electron chi connectivity index (χ2n) is 11.2. The van der Waals surface area contributed by atoms with E-state index in [2.05, 4.69) is 20.1 Å². The molecule has 3 amide bonds. The fraction of sp³-hybridized carbons (Fsp3) is 0.613. The maximum atomic E-state index is 13.3. The Labute approximate surface area is 269 Å². The fourth-order valence-electron chi connectivity index (χ4n) is 5.76. The lowest BCUT2D eigenvalue weighted by atomic mass is 9.88. The van der Waals surface area contributed by atoms with Gasteiger partial charge in [-0.3, -0.25) is 4.90 Å². The average molecular weight is 653 g/mol. The molecule has 3 rings (SSSR count). The molecule has 2 fully saturated rings. The van der Waals surface area contributed by atoms with Gasteiger partial charge in [0, 0.05) is 49.8 Å². The molecule has 0 spiro atoms. The van der Waals surface area contributed by atoms with Gasteiger partial charge in [-0.1, -0.05) is 23.7 Å². The number of hydrogen-bond donors (Lipinski definition) is 3. The predicted molar refractivity (Wildman–Crippen MR) is 166 cm³/mol. The van der Waals surface area contributed by atoms with E-state index >= 15 is 0 Å². The van der Waals surface area contributed by atoms with Crippen LogP contribution in [0.25, 0.3) is 0 Å². The van der Waals surface area contributed by atoms with E-state index in [0.717, 1.165) is 71.2 Å². The summed E-state index contributed by atoms with van der Waals surface area (Å²) in [5.41, 5.74) is 0.274. The number of carboxylic acid groups (broad SMARTS) is 1. The number of nitrogens with one attached hydrogen (secondary N) is 2. The number of hydrogen-bond acceptors (Lipinski definition) is 9. The molecular formula is C31H45ClN4O9. The molecule has 45 heavy (non-hydrogen) atoms. The Balaban J connectivity index is 1.69. The molecule has 1 unspecified atom stereocenters. The van der Waals surface area contributed by atoms with E-state index in [0.29, 0.717) is 35.5 Å². The van der Waals surface area contributed by atoms with Gasteiger partial charge in [0.05, 0.1) is 39.6 Å². The molecule has 1 aromatic rings. The number of halogens is 1. The summed E-state index contributed by atoms with van der Waals surface area (Å²) in [5.74, 6) is -1.58. The van der Waals surface area contributed by atoms with Gasteiger partial charge >= 0.3 is 24.1 Å². The van der Waals surface area contributed by atoms with Crippen molar-refractivity contribution in [3.8, 4) is 0 Å². The average Bonchev–Trinajstić information content (AvgIpc) is 3.05. The van der Waals surface area contributed by atoms with E-state index in [-0.39, 0.29) is 31.1 Å². The van der Waals surface area contributed by atoms with Crippen LogP contribution < -0.4 is 10.6 Å². The molecule has 2 aliphatic heterocycles. The summed E-state index contributed by atoms with van der Waals surface area (Å²) in [5, 5.41) is 16.7. The largest absolute Gasteiger partial charge is 0.466 e. The second kappa shape index (κ2) is 18.5. The molecule has 0 bridgehead atoms. The first kappa shape index (κ1) is 36.1. The lowest BCUT2D eigenvalue weighted by molar-refractivity contribution is -0.140. The van der Waals surface area contributed by atoms with Crippen molar-refractivity contribution >= 4 is 35.7 Å². The Hall–Kier alpha value is -3.39. The molecule has 4 atom stereocenters. The number of likely N-dealkylation sites (tertiary alicyclic amines) is 1. The molecule has 2 heterocycles. The van der Waals surface area contributed by atoms with Gasteiger partial charge in [-0.2, -0.15) is 0 Å². The highest BCUT2D eigenvalue weighted by Gasteiger charge is 2.33. The normalized spacial score (nSPS) is 20.1. The summed E-state index contributed by atoms with van der Waals surface area (Å²) >= 11 is 6.31. The van der Waals surface area contributed by atoms with Crippen molar-refractivity contribution in [1.29, 1.82) is 0 Å². The number of ether oxygens (including phenoxy) is 4. The number of amides is 3. The van der Waals surface area contributed by atoms with Crippen LogP contribution in [0.1, 0.15) is 43.8 Å². The molecular weight excluding hydrogens is 608 g/mol. The number of methoxy groups -OCH3 is 2. The van der Waals surface area contributed by atoms with Gasteiger partial charge in [0.1, 0.15) is 5.70 Å². The molecule has 0 aromatic heterocycles. The molecule has 2 saturated heterocycles. The van der Waals surface area contributed by atoms with Gasteiger partial charge in [0.15, 0.2) is 0 Å². The molecule has 2 aliphatic rings. The van der Waals surface area contributed by atoms with Crippen molar-refractivity contribution in [1.82, 2.24) is 20.4 Å². The van der Waals surface area contributed by atoms with Crippen molar-refractivity contribution in [2.45, 2.75) is 44.2 Å². The molecule has 0 radical (unpaired) electrons. The summed E-state index contributed by atoms with van der Waals surface area (Å²) in [4.78, 5) is 52.0. The van der Waals surface area contributed by atoms with Crippen molar-refractivity contribution < 1.29 is 43.2 Å². The number of rotatable bonds is 14. The Morgan fingerprint density at radius 3 is 2.64 bits per heavy atom. The van der Waals surface area contributed by atoms with Gasteiger partial charge < -0.3 is 39.6 Å². The zero-order valence-electron chi connectivity index (χ0n) is 26.2. The Bertz CT molecular complexity index is 1180. The highest BCUT2D eigenvalue weighted by Crippen LogP contribution is 2.34. The van der Waals surface area contributed by atoms with Crippen molar-refractivity contribution in [3.63, 3.8) is 0 Å². The predicted octanol–water partition coefficient (Wildman–Crippen LogP) is 3.43. The molecule has 13 nitrogen and oxygen atoms in total. The first-order valence-electron chi connectivity index (χ1n) is 15.2. The van der Waals surface area contributed by atoms with Gasteiger partial charge in [0.2, 0.25) is 0 Å². The van der Waals surface area contributed by atoms with Crippen LogP contribution in [0.5, 0.6) is 0 Å². The van der Waals surface area contributed by atoms with E-state index in [1.54, 1.807) is 23.1 Å². The lowest BCUT2D eigenvalue weighted by Gasteiger charge is -2.37. The van der Waals surface area contributed by atoms with Gasteiger partial charge in [-0.25, -0.2) is 19.2 Å². The zero-order chi connectivity index (χ0) is 32.8. The standard InChI is InChI=1S/C31H45ClN4O9/c1-33-25(15-21-7-6-13-44-20-21)18-34-30(39)35-11-5-9-23(19-35)28(22-8-4-10-24(32)16-22)45-14-12-36(31(40)41)26(29(38)43-3)17-27(37)42-2/h4,8,10,16-17,21,23,25,28,33H,5-7,9,11-15,18-20H2,1-3H3,(H,34,39)(H,40,41)/b26-17-/t21-,23-,25-,28?/m1/s1. The van der Waals surface area contributed by atoms with Crippen LogP contribution in [0.15, 0.2) is 36.0 Å². The van der Waals surface area contributed by atoms with Crippen LogP contribution in [0, 0.1) is 11.8 Å². The maximum Gasteiger partial charge on any atom is 0.412 e. The Morgan fingerprint density at radius 1 is 1.20 bits per heavy atom. The number of nitrogens with zero attached hydrogens (tertiary/aromatic N) is 2. The number of esters is 2. The summed E-state index contributed by atoms with van der Waals surface area (Å²) in [6, 6.07) is 7.17. The second-order valence-corrected chi connectivity index (χ2v) is 11.6. The first-order valence-corrected chi connectivity index (χ1v) is 15.6. The highest BCUT2D eigenvalue weighted by molar-refractivity contribution is 6.30. The van der Waals surface area contributed by atoms with E-state index in [1.807, 2.05) is 13.1 Å². The van der Waals surface area contributed by atoms with Gasteiger partial charge in [-0.15, -0.1) is 0 Å². The van der Waals surface area contributed by atoms with Crippen LogP contribution >= 0.6 is 11.6 Å². The van der Waals surface area contributed by atoms with E-state index in [9.17, 15) is 24.3 Å². The minimum absolute atomic E-state index is 0.119. The number of carbonyl (C=O) groups excluding carboxylic acids is 3. The first-order chi connectivity index (χ1) is 21.7. The quantitative estimate of drug-likeness (QED) is 0.201. The third-order valence-corrected chi connectivity index (χ3v) is 8.35.